The molecule has 3 heterocycles. The Kier molecular flexibility index (Phi) is 5.05. The zero-order valence-corrected chi connectivity index (χ0v) is 16.8. The van der Waals surface area contributed by atoms with Crippen LogP contribution in [0.3, 0.4) is 0 Å². The standard InChI is InChI=1S/C22H23F3N6/c23-22(24,25)19-11-27-21(30-20(19)28-17-3-4-17)29-18-2-1-15-6-8-31(13-16(15)9-18)12-14-5-7-26-10-14/h1-2,5,7,9-11,17,26H,3-4,6,8,12-13H2,(H2,27,28,29,30). The quantitative estimate of drug-likeness (QED) is 0.531. The molecule has 3 aromatic rings. The smallest absolute Gasteiger partial charge is 0.367 e. The second-order valence-electron chi connectivity index (χ2n) is 8.16. The number of aromatic amines is 1. The first-order valence-electron chi connectivity index (χ1n) is 10.4. The van der Waals surface area contributed by atoms with Gasteiger partial charge in [0.15, 0.2) is 0 Å². The van der Waals surface area contributed by atoms with Crippen molar-refractivity contribution >= 4 is 17.5 Å². The SMILES string of the molecule is FC(F)(F)c1cnc(Nc2ccc3c(c2)CN(Cc2cc[nH]c2)CC3)nc1NC1CC1. The summed E-state index contributed by atoms with van der Waals surface area (Å²) in [4.78, 5) is 13.5. The van der Waals surface area contributed by atoms with Crippen LogP contribution in [0.4, 0.5) is 30.6 Å². The van der Waals surface area contributed by atoms with E-state index >= 15 is 0 Å². The van der Waals surface area contributed by atoms with Gasteiger partial charge in [0.1, 0.15) is 11.4 Å². The van der Waals surface area contributed by atoms with Gasteiger partial charge >= 0.3 is 6.18 Å². The largest absolute Gasteiger partial charge is 0.421 e. The normalized spacial score (nSPS) is 16.7. The molecule has 6 nitrogen and oxygen atoms in total. The third-order valence-corrected chi connectivity index (χ3v) is 5.63. The van der Waals surface area contributed by atoms with E-state index in [0.29, 0.717) is 0 Å². The molecule has 0 radical (unpaired) electrons. The summed E-state index contributed by atoms with van der Waals surface area (Å²) in [7, 11) is 0. The number of nitrogens with one attached hydrogen (secondary N) is 3. The molecule has 1 saturated carbocycles. The fourth-order valence-corrected chi connectivity index (χ4v) is 3.85. The average molecular weight is 428 g/mol. The summed E-state index contributed by atoms with van der Waals surface area (Å²) in [5.74, 6) is -0.0146. The molecule has 1 aliphatic heterocycles. The maximum atomic E-state index is 13.3. The number of aromatic nitrogens is 3. The van der Waals surface area contributed by atoms with Gasteiger partial charge in [-0.3, -0.25) is 4.90 Å². The highest BCUT2D eigenvalue weighted by atomic mass is 19.4. The Bertz CT molecular complexity index is 1060. The van der Waals surface area contributed by atoms with Gasteiger partial charge in [-0.15, -0.1) is 0 Å². The number of hydrogen-bond donors (Lipinski definition) is 3. The number of benzene rings is 1. The minimum atomic E-state index is -4.50. The molecule has 0 amide bonds. The predicted octanol–water partition coefficient (Wildman–Crippen LogP) is 4.70. The maximum Gasteiger partial charge on any atom is 0.421 e. The molecule has 3 N–H and O–H groups in total. The zero-order valence-electron chi connectivity index (χ0n) is 16.8. The van der Waals surface area contributed by atoms with E-state index in [4.69, 9.17) is 0 Å². The number of halogens is 3. The lowest BCUT2D eigenvalue weighted by molar-refractivity contribution is -0.137. The van der Waals surface area contributed by atoms with Crippen LogP contribution in [0.15, 0.2) is 42.9 Å². The van der Waals surface area contributed by atoms with Gasteiger partial charge in [-0.1, -0.05) is 6.07 Å². The Morgan fingerprint density at radius 2 is 2.03 bits per heavy atom. The lowest BCUT2D eigenvalue weighted by atomic mass is 9.99. The maximum absolute atomic E-state index is 13.3. The molecule has 1 aromatic carbocycles. The van der Waals surface area contributed by atoms with E-state index in [9.17, 15) is 13.2 Å². The van der Waals surface area contributed by atoms with Crippen LogP contribution >= 0.6 is 0 Å². The molecule has 1 fully saturated rings. The topological polar surface area (TPSA) is 68.9 Å². The van der Waals surface area contributed by atoms with Gasteiger partial charge in [0.05, 0.1) is 0 Å². The summed E-state index contributed by atoms with van der Waals surface area (Å²) in [6.45, 7) is 2.68. The van der Waals surface area contributed by atoms with Crippen LogP contribution < -0.4 is 10.6 Å². The molecule has 31 heavy (non-hydrogen) atoms. The zero-order chi connectivity index (χ0) is 21.4. The van der Waals surface area contributed by atoms with Crippen molar-refractivity contribution in [3.05, 3.63) is 65.1 Å². The highest BCUT2D eigenvalue weighted by molar-refractivity contribution is 5.59. The number of H-pyrrole nitrogens is 1. The van der Waals surface area contributed by atoms with Crippen molar-refractivity contribution in [2.24, 2.45) is 0 Å². The average Bonchev–Trinajstić information content (AvgIpc) is 3.39. The minimum Gasteiger partial charge on any atom is -0.367 e. The summed E-state index contributed by atoms with van der Waals surface area (Å²) >= 11 is 0. The minimum absolute atomic E-state index is 0.0543. The summed E-state index contributed by atoms with van der Waals surface area (Å²) in [6.07, 6.45) is 2.95. The van der Waals surface area contributed by atoms with E-state index in [-0.39, 0.29) is 17.8 Å². The molecule has 0 unspecified atom stereocenters. The van der Waals surface area contributed by atoms with Crippen molar-refractivity contribution < 1.29 is 13.2 Å². The van der Waals surface area contributed by atoms with E-state index in [1.807, 2.05) is 24.5 Å². The van der Waals surface area contributed by atoms with E-state index in [1.54, 1.807) is 0 Å². The van der Waals surface area contributed by atoms with Gasteiger partial charge in [-0.05, 0) is 54.2 Å². The summed E-state index contributed by atoms with van der Waals surface area (Å²) in [5, 5.41) is 5.95. The second kappa shape index (κ2) is 7.88. The van der Waals surface area contributed by atoms with Crippen LogP contribution in [0, 0.1) is 0 Å². The van der Waals surface area contributed by atoms with Gasteiger partial charge in [0.25, 0.3) is 0 Å². The Labute approximate surface area is 177 Å². The fraction of sp³-hybridized carbons (Fsp3) is 0.364. The molecule has 1 aliphatic carbocycles. The summed E-state index contributed by atoms with van der Waals surface area (Å²) in [5.41, 5.74) is 3.66. The summed E-state index contributed by atoms with van der Waals surface area (Å²) in [6, 6.07) is 8.16. The summed E-state index contributed by atoms with van der Waals surface area (Å²) < 4.78 is 39.9. The van der Waals surface area contributed by atoms with Gasteiger partial charge in [0, 0.05) is 50.0 Å². The third-order valence-electron chi connectivity index (χ3n) is 5.63. The number of anilines is 3. The number of nitrogens with zero attached hydrogens (tertiary/aromatic N) is 3. The van der Waals surface area contributed by atoms with Crippen molar-refractivity contribution in [3.63, 3.8) is 0 Å². The van der Waals surface area contributed by atoms with Crippen molar-refractivity contribution in [1.82, 2.24) is 19.9 Å². The van der Waals surface area contributed by atoms with Crippen LogP contribution in [-0.4, -0.2) is 32.4 Å². The Hall–Kier alpha value is -3.07. The Morgan fingerprint density at radius 1 is 1.16 bits per heavy atom. The van der Waals surface area contributed by atoms with E-state index in [1.165, 1.54) is 16.7 Å². The first-order chi connectivity index (χ1) is 14.9. The number of hydrogen-bond acceptors (Lipinski definition) is 5. The number of fused-ring (bicyclic) bond motifs is 1. The number of rotatable bonds is 6. The van der Waals surface area contributed by atoms with E-state index in [2.05, 4.69) is 42.6 Å². The first-order valence-corrected chi connectivity index (χ1v) is 10.4. The van der Waals surface area contributed by atoms with Gasteiger partial charge in [-0.25, -0.2) is 4.98 Å². The van der Waals surface area contributed by atoms with Crippen molar-refractivity contribution in [1.29, 1.82) is 0 Å². The molecule has 5 rings (SSSR count). The molecular weight excluding hydrogens is 405 g/mol. The second-order valence-corrected chi connectivity index (χ2v) is 8.16. The lowest BCUT2D eigenvalue weighted by Gasteiger charge is -2.28. The molecule has 0 spiro atoms. The van der Waals surface area contributed by atoms with Crippen LogP contribution in [0.5, 0.6) is 0 Å². The van der Waals surface area contributed by atoms with Crippen LogP contribution in [0.1, 0.15) is 35.1 Å². The van der Waals surface area contributed by atoms with Gasteiger partial charge < -0.3 is 15.6 Å². The van der Waals surface area contributed by atoms with E-state index in [0.717, 1.165) is 50.8 Å². The highest BCUT2D eigenvalue weighted by Gasteiger charge is 2.36. The predicted molar refractivity (Wildman–Crippen MR) is 112 cm³/mol. The molecule has 9 heteroatoms. The molecule has 0 atom stereocenters. The Morgan fingerprint density at radius 3 is 2.77 bits per heavy atom. The van der Waals surface area contributed by atoms with E-state index < -0.39 is 11.7 Å². The molecule has 2 aliphatic rings. The monoisotopic (exact) mass is 428 g/mol. The Balaban J connectivity index is 1.33. The van der Waals surface area contributed by atoms with Gasteiger partial charge in [0.2, 0.25) is 5.95 Å². The van der Waals surface area contributed by atoms with Gasteiger partial charge in [-0.2, -0.15) is 18.2 Å². The van der Waals surface area contributed by atoms with Crippen molar-refractivity contribution in [2.45, 2.75) is 44.6 Å². The molecular formula is C22H23F3N6. The lowest BCUT2D eigenvalue weighted by Crippen LogP contribution is -2.29. The van der Waals surface area contributed by atoms with Crippen LogP contribution in [0.2, 0.25) is 0 Å². The molecule has 162 valence electrons. The molecule has 0 saturated heterocycles. The highest BCUT2D eigenvalue weighted by Crippen LogP contribution is 2.36. The number of alkyl halides is 3. The fourth-order valence-electron chi connectivity index (χ4n) is 3.85. The van der Waals surface area contributed by atoms with Crippen molar-refractivity contribution in [3.8, 4) is 0 Å². The van der Waals surface area contributed by atoms with Crippen LogP contribution in [-0.2, 0) is 25.7 Å². The third kappa shape index (κ3) is 4.66. The first kappa shape index (κ1) is 19.9. The molecule has 2 aromatic heterocycles. The van der Waals surface area contributed by atoms with Crippen molar-refractivity contribution in [2.75, 3.05) is 17.2 Å². The van der Waals surface area contributed by atoms with Crippen LogP contribution in [0.25, 0.3) is 0 Å². The molecule has 0 bridgehead atoms.